The van der Waals surface area contributed by atoms with E-state index in [4.69, 9.17) is 10.00 Å². The Kier molecular flexibility index (Phi) is 4.97. The van der Waals surface area contributed by atoms with Gasteiger partial charge in [0, 0.05) is 18.1 Å². The Morgan fingerprint density at radius 1 is 1.27 bits per heavy atom. The zero-order valence-corrected chi connectivity index (χ0v) is 15.5. The number of hydrogen-bond acceptors (Lipinski definition) is 5. The lowest BCUT2D eigenvalue weighted by Crippen LogP contribution is -2.11. The molecule has 0 radical (unpaired) electrons. The molecule has 0 fully saturated rings. The molecule has 1 heterocycles. The van der Waals surface area contributed by atoms with Gasteiger partial charge in [0.2, 0.25) is 5.88 Å². The summed E-state index contributed by atoms with van der Waals surface area (Å²) in [6.45, 7) is 3.75. The molecule has 1 aliphatic carbocycles. The van der Waals surface area contributed by atoms with E-state index in [2.05, 4.69) is 9.97 Å². The summed E-state index contributed by atoms with van der Waals surface area (Å²) in [5.41, 5.74) is 2.70. The van der Waals surface area contributed by atoms with Crippen LogP contribution in [0.15, 0.2) is 23.4 Å². The largest absolute Gasteiger partial charge is 0.438 e. The summed E-state index contributed by atoms with van der Waals surface area (Å²) >= 11 is 1.20. The van der Waals surface area contributed by atoms with E-state index in [1.54, 1.807) is 12.3 Å². The van der Waals surface area contributed by atoms with E-state index in [0.717, 1.165) is 16.7 Å². The third kappa shape index (κ3) is 3.42. The average Bonchev–Trinajstić information content (AvgIpc) is 2.91. The molecule has 4 nitrogen and oxygen atoms in total. The van der Waals surface area contributed by atoms with Crippen LogP contribution in [-0.2, 0) is 12.3 Å². The van der Waals surface area contributed by atoms with Gasteiger partial charge in [-0.3, -0.25) is 0 Å². The second-order valence-electron chi connectivity index (χ2n) is 6.10. The van der Waals surface area contributed by atoms with Gasteiger partial charge in [-0.2, -0.15) is 19.0 Å². The van der Waals surface area contributed by atoms with Crippen molar-refractivity contribution < 1.29 is 13.5 Å². The number of fused-ring (bicyclic) bond motifs is 1. The lowest BCUT2D eigenvalue weighted by atomic mass is 10.1. The standard InChI is InChI=1S/C19H17F2N3OS/c1-11-9-13(5-4-8-22)10-12(2)15(11)25-17-14-6-7-19(20,21)16(14)23-18(24-17)26-3/h4-5,9-10H,6-7H2,1-3H3/b5-4+. The van der Waals surface area contributed by atoms with Crippen LogP contribution < -0.4 is 4.74 Å². The minimum Gasteiger partial charge on any atom is -0.438 e. The molecular weight excluding hydrogens is 356 g/mol. The van der Waals surface area contributed by atoms with Gasteiger partial charge in [-0.25, -0.2) is 4.98 Å². The molecule has 1 aromatic heterocycles. The highest BCUT2D eigenvalue weighted by Crippen LogP contribution is 2.45. The first kappa shape index (κ1) is 18.3. The molecule has 0 N–H and O–H groups in total. The van der Waals surface area contributed by atoms with Crippen LogP contribution in [0.3, 0.4) is 0 Å². The molecule has 0 amide bonds. The SMILES string of the molecule is CSc1nc(Oc2c(C)cc(/C=C/C#N)cc2C)c2c(n1)C(F)(F)CC2. The molecule has 0 bridgehead atoms. The number of aryl methyl sites for hydroxylation is 2. The summed E-state index contributed by atoms with van der Waals surface area (Å²) in [5.74, 6) is -2.16. The van der Waals surface area contributed by atoms with Gasteiger partial charge in [-0.15, -0.1) is 0 Å². The zero-order chi connectivity index (χ0) is 18.9. The van der Waals surface area contributed by atoms with Crippen molar-refractivity contribution in [3.63, 3.8) is 0 Å². The summed E-state index contributed by atoms with van der Waals surface area (Å²) in [4.78, 5) is 8.32. The number of hydrogen-bond donors (Lipinski definition) is 0. The van der Waals surface area contributed by atoms with E-state index < -0.39 is 5.92 Å². The summed E-state index contributed by atoms with van der Waals surface area (Å²) in [6, 6.07) is 5.71. The van der Waals surface area contributed by atoms with E-state index in [1.807, 2.05) is 32.0 Å². The molecule has 26 heavy (non-hydrogen) atoms. The van der Waals surface area contributed by atoms with E-state index in [1.165, 1.54) is 17.8 Å². The van der Waals surface area contributed by atoms with E-state index >= 15 is 0 Å². The van der Waals surface area contributed by atoms with Crippen molar-refractivity contribution in [3.8, 4) is 17.7 Å². The van der Waals surface area contributed by atoms with Crippen molar-refractivity contribution in [1.82, 2.24) is 9.97 Å². The zero-order valence-electron chi connectivity index (χ0n) is 14.6. The third-order valence-electron chi connectivity index (χ3n) is 4.20. The highest BCUT2D eigenvalue weighted by Gasteiger charge is 2.43. The minimum atomic E-state index is -2.95. The first-order chi connectivity index (χ1) is 12.4. The van der Waals surface area contributed by atoms with Crippen molar-refractivity contribution in [2.45, 2.75) is 37.8 Å². The van der Waals surface area contributed by atoms with E-state index in [9.17, 15) is 8.78 Å². The minimum absolute atomic E-state index is 0.188. The monoisotopic (exact) mass is 373 g/mol. The lowest BCUT2D eigenvalue weighted by Gasteiger charge is -2.16. The fraction of sp³-hybridized carbons (Fsp3) is 0.316. The molecular formula is C19H17F2N3OS. The maximum absolute atomic E-state index is 14.1. The molecule has 1 aromatic carbocycles. The van der Waals surface area contributed by atoms with Gasteiger partial charge in [-0.05, 0) is 61.4 Å². The van der Waals surface area contributed by atoms with Gasteiger partial charge < -0.3 is 4.74 Å². The number of alkyl halides is 2. The Morgan fingerprint density at radius 3 is 2.58 bits per heavy atom. The van der Waals surface area contributed by atoms with Crippen molar-refractivity contribution in [3.05, 3.63) is 46.2 Å². The van der Waals surface area contributed by atoms with E-state index in [-0.39, 0.29) is 29.6 Å². The van der Waals surface area contributed by atoms with Crippen LogP contribution in [-0.4, -0.2) is 16.2 Å². The fourth-order valence-corrected chi connectivity index (χ4v) is 3.38. The van der Waals surface area contributed by atoms with Crippen molar-refractivity contribution in [2.75, 3.05) is 6.26 Å². The molecule has 0 spiro atoms. The topological polar surface area (TPSA) is 58.8 Å². The highest BCUT2D eigenvalue weighted by molar-refractivity contribution is 7.98. The van der Waals surface area contributed by atoms with Crippen LogP contribution in [0.5, 0.6) is 11.6 Å². The number of benzene rings is 1. The molecule has 7 heteroatoms. The molecule has 0 aliphatic heterocycles. The van der Waals surface area contributed by atoms with Crippen LogP contribution >= 0.6 is 11.8 Å². The number of rotatable bonds is 4. The molecule has 0 saturated heterocycles. The Labute approximate surface area is 154 Å². The normalized spacial score (nSPS) is 15.1. The second-order valence-corrected chi connectivity index (χ2v) is 6.87. The molecule has 3 rings (SSSR count). The summed E-state index contributed by atoms with van der Waals surface area (Å²) in [6.07, 6.45) is 4.76. The predicted octanol–water partition coefficient (Wildman–Crippen LogP) is 5.18. The maximum Gasteiger partial charge on any atom is 0.290 e. The van der Waals surface area contributed by atoms with Gasteiger partial charge in [-0.1, -0.05) is 11.8 Å². The number of thioether (sulfide) groups is 1. The number of aromatic nitrogens is 2. The first-order valence-electron chi connectivity index (χ1n) is 8.04. The smallest absolute Gasteiger partial charge is 0.290 e. The quantitative estimate of drug-likeness (QED) is 0.420. The van der Waals surface area contributed by atoms with Crippen molar-refractivity contribution in [2.24, 2.45) is 0 Å². The Bertz CT molecular complexity index is 912. The van der Waals surface area contributed by atoms with Crippen LogP contribution in [0, 0.1) is 25.2 Å². The predicted molar refractivity (Wildman–Crippen MR) is 96.7 cm³/mol. The maximum atomic E-state index is 14.1. The Morgan fingerprint density at radius 2 is 1.96 bits per heavy atom. The highest BCUT2D eigenvalue weighted by atomic mass is 32.2. The van der Waals surface area contributed by atoms with Gasteiger partial charge >= 0.3 is 0 Å². The number of halogens is 2. The van der Waals surface area contributed by atoms with Gasteiger partial charge in [0.25, 0.3) is 5.92 Å². The number of nitriles is 1. The number of ether oxygens (including phenoxy) is 1. The van der Waals surface area contributed by atoms with Gasteiger partial charge in [0.05, 0.1) is 6.07 Å². The Hall–Kier alpha value is -2.46. The average molecular weight is 373 g/mol. The lowest BCUT2D eigenvalue weighted by molar-refractivity contribution is -0.00656. The summed E-state index contributed by atoms with van der Waals surface area (Å²) in [7, 11) is 0. The van der Waals surface area contributed by atoms with Crippen LogP contribution in [0.1, 0.15) is 34.4 Å². The van der Waals surface area contributed by atoms with Crippen LogP contribution in [0.4, 0.5) is 8.78 Å². The fourth-order valence-electron chi connectivity index (χ4n) is 3.02. The van der Waals surface area contributed by atoms with Crippen LogP contribution in [0.25, 0.3) is 6.08 Å². The Balaban J connectivity index is 2.04. The third-order valence-corrected chi connectivity index (χ3v) is 4.75. The molecule has 2 aromatic rings. The second kappa shape index (κ2) is 7.04. The molecule has 134 valence electrons. The van der Waals surface area contributed by atoms with Gasteiger partial charge in [0.1, 0.15) is 11.4 Å². The first-order valence-corrected chi connectivity index (χ1v) is 9.26. The molecule has 0 atom stereocenters. The number of allylic oxidation sites excluding steroid dienone is 1. The summed E-state index contributed by atoms with van der Waals surface area (Å²) in [5, 5.41) is 8.93. The molecule has 1 aliphatic rings. The van der Waals surface area contributed by atoms with Crippen molar-refractivity contribution in [1.29, 1.82) is 5.26 Å². The molecule has 0 saturated carbocycles. The van der Waals surface area contributed by atoms with E-state index in [0.29, 0.717) is 11.3 Å². The van der Waals surface area contributed by atoms with Crippen LogP contribution in [0.2, 0.25) is 0 Å². The van der Waals surface area contributed by atoms with Crippen molar-refractivity contribution >= 4 is 17.8 Å². The molecule has 0 unspecified atom stereocenters. The summed E-state index contributed by atoms with van der Waals surface area (Å²) < 4.78 is 34.2. The van der Waals surface area contributed by atoms with Gasteiger partial charge in [0.15, 0.2) is 5.16 Å². The number of nitrogens with zero attached hydrogens (tertiary/aromatic N) is 3.